The zero-order chi connectivity index (χ0) is 10.8. The largest absolute Gasteiger partial charge is 0.364 e. The second-order valence-electron chi connectivity index (χ2n) is 3.52. The summed E-state index contributed by atoms with van der Waals surface area (Å²) in [6.45, 7) is 2.06. The fourth-order valence-corrected chi connectivity index (χ4v) is 1.37. The summed E-state index contributed by atoms with van der Waals surface area (Å²) in [5, 5.41) is 13.5. The number of aromatic amines is 1. The average Bonchev–Trinajstić information content (AvgIpc) is 2.60. The molecule has 0 radical (unpaired) electrons. The van der Waals surface area contributed by atoms with E-state index in [1.807, 2.05) is 13.1 Å². The minimum atomic E-state index is -0.302. The third-order valence-corrected chi connectivity index (χ3v) is 2.34. The number of hydrogen-bond donors (Lipinski definition) is 2. The molecule has 2 rings (SSSR count). The Morgan fingerprint density at radius 1 is 1.60 bits per heavy atom. The van der Waals surface area contributed by atoms with Crippen molar-refractivity contribution in [3.63, 3.8) is 0 Å². The lowest BCUT2D eigenvalue weighted by atomic mass is 10.2. The minimum Gasteiger partial charge on any atom is -0.317 e. The first-order valence-corrected chi connectivity index (χ1v) is 4.81. The van der Waals surface area contributed by atoms with Crippen LogP contribution >= 0.6 is 0 Å². The van der Waals surface area contributed by atoms with Gasteiger partial charge in [0, 0.05) is 12.5 Å². The predicted molar refractivity (Wildman–Crippen MR) is 55.8 cm³/mol. The van der Waals surface area contributed by atoms with Crippen LogP contribution in [-0.4, -0.2) is 32.9 Å². The molecule has 2 N–H and O–H groups in total. The fourth-order valence-electron chi connectivity index (χ4n) is 1.37. The fraction of sp³-hybridized carbons (Fsp3) is 0.444. The maximum Gasteiger partial charge on any atom is 0.364 e. The average molecular weight is 207 g/mol. The summed E-state index contributed by atoms with van der Waals surface area (Å²) in [6, 6.07) is 3.99. The van der Waals surface area contributed by atoms with Crippen molar-refractivity contribution in [2.75, 3.05) is 7.05 Å². The van der Waals surface area contributed by atoms with Crippen molar-refractivity contribution in [3.05, 3.63) is 28.3 Å². The molecule has 0 bridgehead atoms. The van der Waals surface area contributed by atoms with E-state index in [0.29, 0.717) is 11.7 Å². The molecule has 1 unspecified atom stereocenters. The van der Waals surface area contributed by atoms with Crippen molar-refractivity contribution >= 4 is 5.65 Å². The molecular formula is C9H13N5O. The lowest BCUT2D eigenvalue weighted by Crippen LogP contribution is -2.25. The Morgan fingerprint density at radius 3 is 3.13 bits per heavy atom. The quantitative estimate of drug-likeness (QED) is 0.716. The summed E-state index contributed by atoms with van der Waals surface area (Å²) in [7, 11) is 1.90. The molecule has 0 amide bonds. The maximum absolute atomic E-state index is 11.3. The minimum absolute atomic E-state index is 0.302. The normalized spacial score (nSPS) is 13.2. The number of hydrogen-bond acceptors (Lipinski definition) is 4. The van der Waals surface area contributed by atoms with Crippen molar-refractivity contribution < 1.29 is 0 Å². The smallest absolute Gasteiger partial charge is 0.317 e. The molecule has 2 aromatic rings. The van der Waals surface area contributed by atoms with Crippen LogP contribution in [0.15, 0.2) is 16.9 Å². The van der Waals surface area contributed by atoms with Gasteiger partial charge in [-0.2, -0.15) is 14.7 Å². The van der Waals surface area contributed by atoms with Crippen LogP contribution in [0, 0.1) is 0 Å². The van der Waals surface area contributed by atoms with Gasteiger partial charge < -0.3 is 5.32 Å². The zero-order valence-electron chi connectivity index (χ0n) is 8.69. The number of nitrogens with one attached hydrogen (secondary N) is 2. The van der Waals surface area contributed by atoms with Crippen LogP contribution in [-0.2, 0) is 6.42 Å². The molecular weight excluding hydrogens is 194 g/mol. The van der Waals surface area contributed by atoms with Gasteiger partial charge in [-0.3, -0.25) is 0 Å². The maximum atomic E-state index is 11.3. The summed E-state index contributed by atoms with van der Waals surface area (Å²) in [5.41, 5.74) is 1.11. The van der Waals surface area contributed by atoms with E-state index in [0.717, 1.165) is 12.1 Å². The topological polar surface area (TPSA) is 75.1 Å². The number of fused-ring (bicyclic) bond motifs is 1. The van der Waals surface area contributed by atoms with Gasteiger partial charge in [-0.1, -0.05) is 0 Å². The second kappa shape index (κ2) is 3.82. The summed E-state index contributed by atoms with van der Waals surface area (Å²) in [6.07, 6.45) is 0.782. The van der Waals surface area contributed by atoms with Crippen LogP contribution in [0.2, 0.25) is 0 Å². The van der Waals surface area contributed by atoms with Crippen LogP contribution in [0.1, 0.15) is 12.6 Å². The number of rotatable bonds is 3. The Bertz CT molecular complexity index is 514. The van der Waals surface area contributed by atoms with Gasteiger partial charge in [-0.15, -0.1) is 0 Å². The summed E-state index contributed by atoms with van der Waals surface area (Å²) in [5.74, 6) is 0. The number of H-pyrrole nitrogens is 1. The lowest BCUT2D eigenvalue weighted by Gasteiger charge is -2.08. The van der Waals surface area contributed by atoms with Crippen molar-refractivity contribution in [3.8, 4) is 0 Å². The predicted octanol–water partition coefficient (Wildman–Crippen LogP) is -0.432. The SMILES string of the molecule is CNC(C)Cc1ccc2n[nH]c(=O)n2n1. The van der Waals surface area contributed by atoms with Gasteiger partial charge in [0.05, 0.1) is 5.69 Å². The molecule has 6 heteroatoms. The Hall–Kier alpha value is -1.69. The van der Waals surface area contributed by atoms with Crippen molar-refractivity contribution in [2.45, 2.75) is 19.4 Å². The molecule has 0 spiro atoms. The van der Waals surface area contributed by atoms with Crippen LogP contribution in [0.4, 0.5) is 0 Å². The Morgan fingerprint density at radius 2 is 2.40 bits per heavy atom. The molecule has 1 atom stereocenters. The molecule has 2 heterocycles. The second-order valence-corrected chi connectivity index (χ2v) is 3.52. The Labute approximate surface area is 86.3 Å². The number of aromatic nitrogens is 4. The molecule has 0 aliphatic rings. The van der Waals surface area contributed by atoms with Crippen molar-refractivity contribution in [1.82, 2.24) is 25.1 Å². The molecule has 0 saturated carbocycles. The first-order valence-electron chi connectivity index (χ1n) is 4.81. The van der Waals surface area contributed by atoms with Crippen LogP contribution < -0.4 is 11.0 Å². The standard InChI is InChI=1S/C9H13N5O/c1-6(10-2)5-7-3-4-8-11-12-9(15)14(8)13-7/h3-4,6,10H,5H2,1-2H3,(H,12,15). The van der Waals surface area contributed by atoms with Crippen LogP contribution in [0.5, 0.6) is 0 Å². The van der Waals surface area contributed by atoms with Crippen molar-refractivity contribution in [1.29, 1.82) is 0 Å². The molecule has 0 aliphatic carbocycles. The summed E-state index contributed by atoms with van der Waals surface area (Å²) < 4.78 is 1.28. The first kappa shape index (κ1) is 9.85. The third kappa shape index (κ3) is 1.89. The lowest BCUT2D eigenvalue weighted by molar-refractivity contribution is 0.593. The van der Waals surface area contributed by atoms with Gasteiger partial charge in [0.2, 0.25) is 0 Å². The van der Waals surface area contributed by atoms with E-state index in [-0.39, 0.29) is 5.69 Å². The third-order valence-electron chi connectivity index (χ3n) is 2.34. The molecule has 15 heavy (non-hydrogen) atoms. The highest BCUT2D eigenvalue weighted by atomic mass is 16.2. The molecule has 0 aliphatic heterocycles. The highest BCUT2D eigenvalue weighted by Crippen LogP contribution is 2.00. The first-order chi connectivity index (χ1) is 7.20. The van der Waals surface area contributed by atoms with Crippen LogP contribution in [0.3, 0.4) is 0 Å². The zero-order valence-corrected chi connectivity index (χ0v) is 8.69. The molecule has 2 aromatic heterocycles. The van der Waals surface area contributed by atoms with E-state index in [2.05, 4.69) is 27.5 Å². The highest BCUT2D eigenvalue weighted by Gasteiger charge is 2.05. The van der Waals surface area contributed by atoms with Gasteiger partial charge in [0.15, 0.2) is 5.65 Å². The summed E-state index contributed by atoms with van der Waals surface area (Å²) in [4.78, 5) is 11.3. The van der Waals surface area contributed by atoms with E-state index in [1.165, 1.54) is 4.52 Å². The van der Waals surface area contributed by atoms with Gasteiger partial charge >= 0.3 is 5.69 Å². The molecule has 80 valence electrons. The van der Waals surface area contributed by atoms with Crippen molar-refractivity contribution in [2.24, 2.45) is 0 Å². The molecule has 6 nitrogen and oxygen atoms in total. The van der Waals surface area contributed by atoms with Gasteiger partial charge in [0.1, 0.15) is 0 Å². The highest BCUT2D eigenvalue weighted by molar-refractivity contribution is 5.34. The van der Waals surface area contributed by atoms with E-state index in [4.69, 9.17) is 0 Å². The Kier molecular flexibility index (Phi) is 2.51. The molecule has 0 aromatic carbocycles. The Balaban J connectivity index is 2.37. The monoisotopic (exact) mass is 207 g/mol. The molecule has 0 fully saturated rings. The summed E-state index contributed by atoms with van der Waals surface area (Å²) >= 11 is 0. The van der Waals surface area contributed by atoms with E-state index < -0.39 is 0 Å². The number of nitrogens with zero attached hydrogens (tertiary/aromatic N) is 3. The van der Waals surface area contributed by atoms with E-state index in [9.17, 15) is 4.79 Å². The van der Waals surface area contributed by atoms with Crippen LogP contribution in [0.25, 0.3) is 5.65 Å². The van der Waals surface area contributed by atoms with Gasteiger partial charge in [-0.05, 0) is 26.1 Å². The molecule has 0 saturated heterocycles. The van der Waals surface area contributed by atoms with E-state index >= 15 is 0 Å². The van der Waals surface area contributed by atoms with E-state index in [1.54, 1.807) is 6.07 Å². The van der Waals surface area contributed by atoms with Gasteiger partial charge in [0.25, 0.3) is 0 Å². The number of likely N-dealkylation sites (N-methyl/N-ethyl adjacent to an activating group) is 1. The van der Waals surface area contributed by atoms with Gasteiger partial charge in [-0.25, -0.2) is 9.89 Å².